The van der Waals surface area contributed by atoms with Crippen molar-refractivity contribution in [2.24, 2.45) is 9.26 Å². The summed E-state index contributed by atoms with van der Waals surface area (Å²) in [6.07, 6.45) is 0. The van der Waals surface area contributed by atoms with E-state index in [1.807, 2.05) is 0 Å². The molecule has 1 N–H and O–H groups in total. The molecule has 4 nitrogen and oxygen atoms in total. The second-order valence-corrected chi connectivity index (χ2v) is 13.1. The topological polar surface area (TPSA) is 46.0 Å². The third-order valence-electron chi connectivity index (χ3n) is 1.65. The minimum atomic E-state index is -1.77. The average Bonchev–Trinajstić information content (AvgIpc) is 1.96. The Balaban J connectivity index is 5.17. The molecule has 0 aliphatic heterocycles. The van der Waals surface area contributed by atoms with Crippen molar-refractivity contribution in [1.29, 1.82) is 0 Å². The Morgan fingerprint density at radius 1 is 1.12 bits per heavy atom. The average molecular weight is 281 g/mol. The van der Waals surface area contributed by atoms with Gasteiger partial charge in [0.05, 0.1) is 12.1 Å². The van der Waals surface area contributed by atoms with E-state index in [1.54, 1.807) is 7.11 Å². The van der Waals surface area contributed by atoms with Crippen LogP contribution in [0.2, 0.25) is 0 Å². The summed E-state index contributed by atoms with van der Waals surface area (Å²) >= 11 is 0. The molecule has 0 aromatic carbocycles. The summed E-state index contributed by atoms with van der Waals surface area (Å²) in [5, 5.41) is 3.49. The second-order valence-electron chi connectivity index (χ2n) is 6.12. The van der Waals surface area contributed by atoms with Gasteiger partial charge in [0.2, 0.25) is 0 Å². The zero-order chi connectivity index (χ0) is 13.7. The minimum Gasteiger partial charge on any atom is -0.383 e. The molecule has 0 spiro atoms. The lowest BCUT2D eigenvalue weighted by atomic mass is 10.1. The van der Waals surface area contributed by atoms with Gasteiger partial charge in [-0.3, -0.25) is 14.3 Å². The molecule has 1 unspecified atom stereocenters. The summed E-state index contributed by atoms with van der Waals surface area (Å²) in [6.45, 7) is 16.7. The third kappa shape index (κ3) is 10.0. The van der Waals surface area contributed by atoms with Gasteiger partial charge < -0.3 is 4.74 Å². The summed E-state index contributed by atoms with van der Waals surface area (Å²) in [4.78, 5) is 0. The first-order chi connectivity index (χ1) is 7.47. The predicted octanol–water partition coefficient (Wildman–Crippen LogP) is 3.77. The van der Waals surface area contributed by atoms with Crippen LogP contribution in [0.1, 0.15) is 20.8 Å². The molecule has 0 fully saturated rings. The number of ether oxygens (including phenoxy) is 1. The van der Waals surface area contributed by atoms with Crippen LogP contribution in [0.25, 0.3) is 0 Å². The van der Waals surface area contributed by atoms with Crippen LogP contribution in [0.3, 0.4) is 0 Å². The van der Waals surface area contributed by atoms with E-state index in [-0.39, 0.29) is 5.54 Å². The molecule has 0 heterocycles. The van der Waals surface area contributed by atoms with Crippen molar-refractivity contribution in [1.82, 2.24) is 5.09 Å². The lowest BCUT2D eigenvalue weighted by molar-refractivity contribution is 0.204. The van der Waals surface area contributed by atoms with Crippen LogP contribution in [-0.2, 0) is 4.74 Å². The molecule has 104 valence electrons. The van der Waals surface area contributed by atoms with Crippen molar-refractivity contribution in [3.05, 3.63) is 0 Å². The van der Waals surface area contributed by atoms with Crippen molar-refractivity contribution < 1.29 is 4.74 Å². The zero-order valence-electron chi connectivity index (χ0n) is 12.6. The quantitative estimate of drug-likeness (QED) is 0.616. The molecule has 0 aromatic heterocycles. The smallest absolute Gasteiger partial charge is 0.132 e. The number of methoxy groups -OCH3 is 1. The van der Waals surface area contributed by atoms with Crippen LogP contribution in [-0.4, -0.2) is 52.5 Å². The van der Waals surface area contributed by atoms with Crippen molar-refractivity contribution in [2.75, 3.05) is 46.9 Å². The zero-order valence-corrected chi connectivity index (χ0v) is 14.4. The summed E-state index contributed by atoms with van der Waals surface area (Å²) < 4.78 is 15.0. The van der Waals surface area contributed by atoms with E-state index in [4.69, 9.17) is 14.0 Å². The highest BCUT2D eigenvalue weighted by molar-refractivity contribution is 7.74. The highest BCUT2D eigenvalue weighted by Gasteiger charge is 2.18. The molecule has 17 heavy (non-hydrogen) atoms. The van der Waals surface area contributed by atoms with Crippen molar-refractivity contribution in [3.63, 3.8) is 0 Å². The standard InChI is InChI=1S/C11H29N3OP2/c1-11(2,3)13-17(8,12-9-10-15-4)14-16(5,6)7/h12H,9-10H2,1-8H3. The highest BCUT2D eigenvalue weighted by Crippen LogP contribution is 2.55. The summed E-state index contributed by atoms with van der Waals surface area (Å²) in [5.41, 5.74) is -0.0543. The van der Waals surface area contributed by atoms with E-state index in [0.717, 1.165) is 6.54 Å². The summed E-state index contributed by atoms with van der Waals surface area (Å²) in [7, 11) is -1.25. The lowest BCUT2D eigenvalue weighted by Gasteiger charge is -2.25. The molecule has 0 radical (unpaired) electrons. The van der Waals surface area contributed by atoms with Gasteiger partial charge in [0, 0.05) is 20.3 Å². The number of nitrogens with one attached hydrogen (secondary N) is 1. The Labute approximate surface area is 107 Å². The van der Waals surface area contributed by atoms with Gasteiger partial charge in [0.1, 0.15) is 7.36 Å². The second kappa shape index (κ2) is 6.52. The monoisotopic (exact) mass is 281 g/mol. The maximum absolute atomic E-state index is 5.08. The van der Waals surface area contributed by atoms with Gasteiger partial charge in [-0.2, -0.15) is 0 Å². The highest BCUT2D eigenvalue weighted by atomic mass is 31.2. The SMILES string of the molecule is COCCNP(C)(N=P(C)(C)C)=NC(C)(C)C. The fourth-order valence-corrected chi connectivity index (χ4v) is 7.90. The number of nitrogens with zero attached hydrogens (tertiary/aromatic N) is 2. The lowest BCUT2D eigenvalue weighted by Crippen LogP contribution is -2.18. The predicted molar refractivity (Wildman–Crippen MR) is 82.0 cm³/mol. The van der Waals surface area contributed by atoms with Gasteiger partial charge in [-0.25, -0.2) is 0 Å². The molecule has 0 saturated heterocycles. The first-order valence-electron chi connectivity index (χ1n) is 5.89. The van der Waals surface area contributed by atoms with Crippen LogP contribution in [0.15, 0.2) is 9.26 Å². The van der Waals surface area contributed by atoms with Crippen LogP contribution >= 0.6 is 14.4 Å². The minimum absolute atomic E-state index is 0.0543. The van der Waals surface area contributed by atoms with Crippen molar-refractivity contribution in [2.45, 2.75) is 26.3 Å². The molecule has 0 amide bonds. The Kier molecular flexibility index (Phi) is 6.66. The molecule has 0 bridgehead atoms. The molecule has 1 atom stereocenters. The van der Waals surface area contributed by atoms with E-state index >= 15 is 0 Å². The molecule has 0 aromatic rings. The van der Waals surface area contributed by atoms with Crippen molar-refractivity contribution >= 4 is 14.4 Å². The fourth-order valence-electron chi connectivity index (χ4n) is 1.55. The van der Waals surface area contributed by atoms with E-state index in [2.05, 4.69) is 52.5 Å². The first kappa shape index (κ1) is 17.4. The maximum atomic E-state index is 5.08. The van der Waals surface area contributed by atoms with Crippen molar-refractivity contribution in [3.8, 4) is 0 Å². The number of rotatable bonds is 5. The van der Waals surface area contributed by atoms with Gasteiger partial charge in [-0.05, 0) is 47.8 Å². The Morgan fingerprint density at radius 3 is 2.00 bits per heavy atom. The largest absolute Gasteiger partial charge is 0.383 e. The summed E-state index contributed by atoms with van der Waals surface area (Å²) in [6, 6.07) is 0. The Morgan fingerprint density at radius 2 is 1.65 bits per heavy atom. The maximum Gasteiger partial charge on any atom is 0.132 e. The van der Waals surface area contributed by atoms with Gasteiger partial charge in [0.25, 0.3) is 0 Å². The van der Waals surface area contributed by atoms with E-state index in [1.165, 1.54) is 0 Å². The van der Waals surface area contributed by atoms with Gasteiger partial charge in [0.15, 0.2) is 0 Å². The van der Waals surface area contributed by atoms with Crippen LogP contribution in [0, 0.1) is 0 Å². The van der Waals surface area contributed by atoms with E-state index in [0.29, 0.717) is 6.61 Å². The Hall–Kier alpha value is 0.380. The van der Waals surface area contributed by atoms with Crippen LogP contribution < -0.4 is 5.09 Å². The van der Waals surface area contributed by atoms with E-state index < -0.39 is 14.4 Å². The third-order valence-corrected chi connectivity index (χ3v) is 7.01. The number of hydrogen-bond acceptors (Lipinski definition) is 2. The fraction of sp³-hybridized carbons (Fsp3) is 1.00. The normalized spacial score (nSPS) is 16.5. The molecule has 6 heteroatoms. The number of hydrogen-bond donors (Lipinski definition) is 1. The molecular formula is C11H29N3OP2. The molecule has 0 aliphatic carbocycles. The van der Waals surface area contributed by atoms with Gasteiger partial charge in [-0.1, -0.05) is 0 Å². The molecule has 0 saturated carbocycles. The van der Waals surface area contributed by atoms with Crippen LogP contribution in [0.5, 0.6) is 0 Å². The molecule has 0 rings (SSSR count). The van der Waals surface area contributed by atoms with Gasteiger partial charge >= 0.3 is 0 Å². The molecular weight excluding hydrogens is 252 g/mol. The van der Waals surface area contributed by atoms with Gasteiger partial charge in [-0.15, -0.1) is 0 Å². The van der Waals surface area contributed by atoms with E-state index in [9.17, 15) is 0 Å². The van der Waals surface area contributed by atoms with Crippen LogP contribution in [0.4, 0.5) is 0 Å². The Bertz CT molecular complexity index is 331. The first-order valence-corrected chi connectivity index (χ1v) is 11.1. The molecule has 0 aliphatic rings. The summed E-state index contributed by atoms with van der Waals surface area (Å²) in [5.74, 6) is 0.